The largest absolute Gasteiger partial charge is 0.461 e. The monoisotopic (exact) mass is 388 g/mol. The van der Waals surface area contributed by atoms with Gasteiger partial charge in [0.15, 0.2) is 0 Å². The van der Waals surface area contributed by atoms with Gasteiger partial charge in [0.05, 0.1) is 21.4 Å². The highest BCUT2D eigenvalue weighted by molar-refractivity contribution is 6.77. The van der Waals surface area contributed by atoms with E-state index in [1.54, 1.807) is 13.8 Å². The minimum Gasteiger partial charge on any atom is -0.461 e. The van der Waals surface area contributed by atoms with Crippen LogP contribution < -0.4 is 5.32 Å². The highest BCUT2D eigenvalue weighted by Gasteiger charge is 2.22. The Labute approximate surface area is 159 Å². The second-order valence-electron chi connectivity index (χ2n) is 7.03. The van der Waals surface area contributed by atoms with Gasteiger partial charge in [-0.2, -0.15) is 0 Å². The van der Waals surface area contributed by atoms with Crippen molar-refractivity contribution >= 4 is 20.0 Å². The Balaban J connectivity index is 3.86. The molecule has 8 heteroatoms. The fraction of sp³-hybridized carbons (Fsp3) is 0.778. The van der Waals surface area contributed by atoms with E-state index in [1.807, 2.05) is 11.8 Å². The summed E-state index contributed by atoms with van der Waals surface area (Å²) in [6, 6.07) is 1.01. The highest BCUT2D eigenvalue weighted by Crippen LogP contribution is 2.11. The summed E-state index contributed by atoms with van der Waals surface area (Å²) in [5.74, 6) is -0.324. The smallest absolute Gasteiger partial charge is 0.333 e. The number of carbonyl (C=O) groups is 2. The standard InChI is InChI=1S/C18H36N2O5Si/c1-7-23-15-26(5,6)13-10-20(17(4)21)9-12-24-14-19-8-11-25-18(22)16(2)3/h19H,2,7-15H2,1,3-6H3. The molecule has 26 heavy (non-hydrogen) atoms. The fourth-order valence-corrected chi connectivity index (χ4v) is 3.82. The molecule has 0 aromatic rings. The number of amides is 1. The number of ether oxygens (including phenoxy) is 3. The van der Waals surface area contributed by atoms with E-state index in [2.05, 4.69) is 25.0 Å². The van der Waals surface area contributed by atoms with Gasteiger partial charge in [-0.05, 0) is 19.9 Å². The molecule has 0 aliphatic carbocycles. The van der Waals surface area contributed by atoms with Crippen LogP contribution in [0.5, 0.6) is 0 Å². The van der Waals surface area contributed by atoms with Crippen LogP contribution in [0.4, 0.5) is 0 Å². The van der Waals surface area contributed by atoms with Crippen LogP contribution in [-0.4, -0.2) is 77.3 Å². The maximum atomic E-state index is 11.8. The maximum absolute atomic E-state index is 11.8. The minimum atomic E-state index is -1.44. The second-order valence-corrected chi connectivity index (χ2v) is 12.1. The van der Waals surface area contributed by atoms with Crippen molar-refractivity contribution in [2.45, 2.75) is 39.9 Å². The van der Waals surface area contributed by atoms with Crippen molar-refractivity contribution in [3.8, 4) is 0 Å². The van der Waals surface area contributed by atoms with Crippen molar-refractivity contribution in [1.82, 2.24) is 10.2 Å². The van der Waals surface area contributed by atoms with Crippen LogP contribution in [0.2, 0.25) is 19.1 Å². The summed E-state index contributed by atoms with van der Waals surface area (Å²) >= 11 is 0. The molecule has 152 valence electrons. The summed E-state index contributed by atoms with van der Waals surface area (Å²) in [4.78, 5) is 24.8. The van der Waals surface area contributed by atoms with Crippen molar-refractivity contribution in [2.75, 3.05) is 52.4 Å². The molecule has 1 N–H and O–H groups in total. The Morgan fingerprint density at radius 2 is 1.81 bits per heavy atom. The first-order valence-corrected chi connectivity index (χ1v) is 12.6. The molecular formula is C18H36N2O5Si. The Morgan fingerprint density at radius 1 is 1.12 bits per heavy atom. The van der Waals surface area contributed by atoms with Crippen LogP contribution in [0.3, 0.4) is 0 Å². The Bertz CT molecular complexity index is 443. The van der Waals surface area contributed by atoms with E-state index in [0.717, 1.165) is 25.4 Å². The lowest BCUT2D eigenvalue weighted by Crippen LogP contribution is -2.40. The van der Waals surface area contributed by atoms with Crippen LogP contribution in [-0.2, 0) is 23.8 Å². The van der Waals surface area contributed by atoms with E-state index in [4.69, 9.17) is 14.2 Å². The molecule has 0 aromatic heterocycles. The van der Waals surface area contributed by atoms with Crippen molar-refractivity contribution in [3.63, 3.8) is 0 Å². The molecule has 0 rings (SSSR count). The zero-order valence-electron chi connectivity index (χ0n) is 17.1. The van der Waals surface area contributed by atoms with E-state index < -0.39 is 8.07 Å². The average Bonchev–Trinajstić information content (AvgIpc) is 2.57. The molecular weight excluding hydrogens is 352 g/mol. The maximum Gasteiger partial charge on any atom is 0.333 e. The van der Waals surface area contributed by atoms with Gasteiger partial charge in [-0.25, -0.2) is 4.79 Å². The van der Waals surface area contributed by atoms with Gasteiger partial charge < -0.3 is 19.1 Å². The van der Waals surface area contributed by atoms with E-state index >= 15 is 0 Å². The number of esters is 1. The molecule has 0 atom stereocenters. The van der Waals surface area contributed by atoms with Crippen molar-refractivity contribution in [3.05, 3.63) is 12.2 Å². The predicted molar refractivity (Wildman–Crippen MR) is 106 cm³/mol. The molecule has 0 unspecified atom stereocenters. The topological polar surface area (TPSA) is 77.1 Å². The van der Waals surface area contributed by atoms with E-state index in [-0.39, 0.29) is 18.5 Å². The van der Waals surface area contributed by atoms with Gasteiger partial charge in [0.2, 0.25) is 5.91 Å². The average molecular weight is 389 g/mol. The normalized spacial score (nSPS) is 11.3. The summed E-state index contributed by atoms with van der Waals surface area (Å²) < 4.78 is 16.0. The van der Waals surface area contributed by atoms with E-state index in [0.29, 0.717) is 32.0 Å². The summed E-state index contributed by atoms with van der Waals surface area (Å²) in [6.07, 6.45) is 0.825. The zero-order chi connectivity index (χ0) is 20.0. The van der Waals surface area contributed by atoms with Gasteiger partial charge in [0.1, 0.15) is 6.61 Å². The SMILES string of the molecule is C=C(C)C(=O)OCCNCOCCN(CC[Si](C)(C)COCC)C(C)=O. The molecule has 0 aliphatic heterocycles. The molecule has 7 nitrogen and oxygen atoms in total. The van der Waals surface area contributed by atoms with Crippen LogP contribution in [0.1, 0.15) is 20.8 Å². The van der Waals surface area contributed by atoms with Gasteiger partial charge in [-0.1, -0.05) is 19.7 Å². The second kappa shape index (κ2) is 13.9. The zero-order valence-corrected chi connectivity index (χ0v) is 18.1. The lowest BCUT2D eigenvalue weighted by Gasteiger charge is -2.27. The fourth-order valence-electron chi connectivity index (χ4n) is 2.05. The van der Waals surface area contributed by atoms with Crippen LogP contribution in [0.15, 0.2) is 12.2 Å². The van der Waals surface area contributed by atoms with E-state index in [1.165, 1.54) is 0 Å². The van der Waals surface area contributed by atoms with Crippen LogP contribution in [0.25, 0.3) is 0 Å². The first kappa shape index (κ1) is 24.8. The van der Waals surface area contributed by atoms with Gasteiger partial charge in [0.25, 0.3) is 0 Å². The van der Waals surface area contributed by atoms with Gasteiger partial charge >= 0.3 is 5.97 Å². The Morgan fingerprint density at radius 3 is 2.38 bits per heavy atom. The lowest BCUT2D eigenvalue weighted by atomic mass is 10.4. The molecule has 0 bridgehead atoms. The Hall–Kier alpha value is -1.22. The number of nitrogens with one attached hydrogen (secondary N) is 1. The van der Waals surface area contributed by atoms with Gasteiger partial charge in [-0.3, -0.25) is 10.1 Å². The van der Waals surface area contributed by atoms with Crippen LogP contribution in [0, 0.1) is 0 Å². The predicted octanol–water partition coefficient (Wildman–Crippen LogP) is 1.80. The molecule has 0 aliphatic rings. The summed E-state index contributed by atoms with van der Waals surface area (Å²) in [5.41, 5.74) is 0.387. The van der Waals surface area contributed by atoms with Crippen molar-refractivity contribution in [1.29, 1.82) is 0 Å². The molecule has 0 saturated carbocycles. The lowest BCUT2D eigenvalue weighted by molar-refractivity contribution is -0.138. The molecule has 0 heterocycles. The molecule has 0 spiro atoms. The third-order valence-electron chi connectivity index (χ3n) is 3.77. The molecule has 0 saturated heterocycles. The van der Waals surface area contributed by atoms with Gasteiger partial charge in [0, 0.05) is 45.0 Å². The quantitative estimate of drug-likeness (QED) is 0.152. The van der Waals surface area contributed by atoms with Crippen molar-refractivity contribution < 1.29 is 23.8 Å². The number of carbonyl (C=O) groups excluding carboxylic acids is 2. The molecule has 1 amide bonds. The number of hydrogen-bond donors (Lipinski definition) is 1. The molecule has 0 aromatic carbocycles. The first-order valence-electron chi connectivity index (χ1n) is 9.14. The summed E-state index contributed by atoms with van der Waals surface area (Å²) in [5, 5.41) is 3.02. The molecule has 0 fully saturated rings. The Kier molecular flexibility index (Phi) is 13.3. The highest BCUT2D eigenvalue weighted by atomic mass is 28.3. The third kappa shape index (κ3) is 13.0. The third-order valence-corrected chi connectivity index (χ3v) is 6.33. The first-order chi connectivity index (χ1) is 12.2. The summed E-state index contributed by atoms with van der Waals surface area (Å²) in [7, 11) is -1.44. The number of nitrogens with zero attached hydrogens (tertiary/aromatic N) is 1. The van der Waals surface area contributed by atoms with Gasteiger partial charge in [-0.15, -0.1) is 0 Å². The van der Waals surface area contributed by atoms with Crippen molar-refractivity contribution in [2.24, 2.45) is 0 Å². The van der Waals surface area contributed by atoms with E-state index in [9.17, 15) is 9.59 Å². The molecule has 0 radical (unpaired) electrons. The number of rotatable bonds is 15. The summed E-state index contributed by atoms with van der Waals surface area (Å²) in [6.45, 7) is 16.9. The minimum absolute atomic E-state index is 0.0643. The van der Waals surface area contributed by atoms with Crippen LogP contribution >= 0.6 is 0 Å². The number of hydrogen-bond acceptors (Lipinski definition) is 6.